The minimum atomic E-state index is -0.516. The standard InChI is InChI=1S/C19H36O3/c1-3-4-5-6-7-8-9-10-11-12-13-14-15-16-17-18(2)19(20)22-21/h10-11,18,21H,3-9,12-17H2,1-2H3/b11-10-. The van der Waals surface area contributed by atoms with Crippen molar-refractivity contribution in [3.8, 4) is 0 Å². The van der Waals surface area contributed by atoms with Crippen molar-refractivity contribution in [3.05, 3.63) is 12.2 Å². The van der Waals surface area contributed by atoms with Crippen molar-refractivity contribution in [2.45, 2.75) is 97.3 Å². The molecule has 1 atom stereocenters. The molecule has 0 aromatic carbocycles. The van der Waals surface area contributed by atoms with Gasteiger partial charge in [-0.3, -0.25) is 0 Å². The summed E-state index contributed by atoms with van der Waals surface area (Å²) in [6.45, 7) is 4.05. The van der Waals surface area contributed by atoms with Gasteiger partial charge in [0.1, 0.15) is 0 Å². The van der Waals surface area contributed by atoms with Gasteiger partial charge >= 0.3 is 5.97 Å². The molecular formula is C19H36O3. The summed E-state index contributed by atoms with van der Waals surface area (Å²) in [6.07, 6.45) is 20.7. The molecule has 0 fully saturated rings. The Bertz CT molecular complexity index is 274. The molecule has 0 amide bonds. The van der Waals surface area contributed by atoms with Crippen LogP contribution >= 0.6 is 0 Å². The maximum absolute atomic E-state index is 11.0. The van der Waals surface area contributed by atoms with Gasteiger partial charge in [0.15, 0.2) is 0 Å². The smallest absolute Gasteiger partial charge is 0.301 e. The fourth-order valence-electron chi connectivity index (χ4n) is 2.55. The van der Waals surface area contributed by atoms with Crippen LogP contribution in [0.5, 0.6) is 0 Å². The van der Waals surface area contributed by atoms with Gasteiger partial charge in [-0.05, 0) is 32.1 Å². The van der Waals surface area contributed by atoms with Crippen LogP contribution in [0.3, 0.4) is 0 Å². The molecule has 22 heavy (non-hydrogen) atoms. The van der Waals surface area contributed by atoms with Crippen LogP contribution in [0.25, 0.3) is 0 Å². The molecule has 0 bridgehead atoms. The zero-order valence-corrected chi connectivity index (χ0v) is 14.7. The average molecular weight is 312 g/mol. The number of hydrogen-bond acceptors (Lipinski definition) is 3. The third-order valence-corrected chi connectivity index (χ3v) is 4.14. The zero-order valence-electron chi connectivity index (χ0n) is 14.7. The average Bonchev–Trinajstić information content (AvgIpc) is 2.54. The second kappa shape index (κ2) is 16.5. The molecule has 3 heteroatoms. The molecule has 1 unspecified atom stereocenters. The predicted octanol–water partition coefficient (Wildman–Crippen LogP) is 6.29. The van der Waals surface area contributed by atoms with Crippen molar-refractivity contribution in [1.29, 1.82) is 0 Å². The quantitative estimate of drug-likeness (QED) is 0.167. The Balaban J connectivity index is 3.22. The highest BCUT2D eigenvalue weighted by Crippen LogP contribution is 2.13. The van der Waals surface area contributed by atoms with Crippen molar-refractivity contribution < 1.29 is 14.9 Å². The van der Waals surface area contributed by atoms with Crippen LogP contribution < -0.4 is 0 Å². The maximum Gasteiger partial charge on any atom is 0.344 e. The Kier molecular flexibility index (Phi) is 15.9. The van der Waals surface area contributed by atoms with Crippen molar-refractivity contribution in [1.82, 2.24) is 0 Å². The lowest BCUT2D eigenvalue weighted by Gasteiger charge is -2.06. The molecule has 0 rings (SSSR count). The lowest BCUT2D eigenvalue weighted by Crippen LogP contribution is -2.12. The molecule has 1 N–H and O–H groups in total. The van der Waals surface area contributed by atoms with E-state index in [0.717, 1.165) is 19.3 Å². The molecule has 0 aromatic rings. The molecule has 3 nitrogen and oxygen atoms in total. The fourth-order valence-corrected chi connectivity index (χ4v) is 2.55. The lowest BCUT2D eigenvalue weighted by atomic mass is 10.0. The first kappa shape index (κ1) is 21.2. The van der Waals surface area contributed by atoms with E-state index < -0.39 is 5.97 Å². The van der Waals surface area contributed by atoms with Crippen LogP contribution in [0, 0.1) is 5.92 Å². The SMILES string of the molecule is CCCCCCCC/C=C\CCCCCCC(C)C(=O)OO. The summed E-state index contributed by atoms with van der Waals surface area (Å²) >= 11 is 0. The highest BCUT2D eigenvalue weighted by Gasteiger charge is 2.13. The van der Waals surface area contributed by atoms with Gasteiger partial charge in [-0.1, -0.05) is 77.4 Å². The largest absolute Gasteiger partial charge is 0.344 e. The summed E-state index contributed by atoms with van der Waals surface area (Å²) in [4.78, 5) is 14.7. The molecule has 0 saturated heterocycles. The van der Waals surface area contributed by atoms with Crippen molar-refractivity contribution in [2.24, 2.45) is 5.92 Å². The molecule has 0 heterocycles. The van der Waals surface area contributed by atoms with Crippen molar-refractivity contribution in [3.63, 3.8) is 0 Å². The topological polar surface area (TPSA) is 46.5 Å². The van der Waals surface area contributed by atoms with Gasteiger partial charge in [-0.15, -0.1) is 0 Å². The summed E-state index contributed by atoms with van der Waals surface area (Å²) in [7, 11) is 0. The summed E-state index contributed by atoms with van der Waals surface area (Å²) in [6, 6.07) is 0. The minimum absolute atomic E-state index is 0.192. The van der Waals surface area contributed by atoms with E-state index in [1.54, 1.807) is 6.92 Å². The highest BCUT2D eigenvalue weighted by molar-refractivity contribution is 5.71. The van der Waals surface area contributed by atoms with Crippen LogP contribution in [-0.4, -0.2) is 11.2 Å². The van der Waals surface area contributed by atoms with Gasteiger partial charge in [-0.25, -0.2) is 4.79 Å². The number of unbranched alkanes of at least 4 members (excludes halogenated alkanes) is 10. The second-order valence-electron chi connectivity index (χ2n) is 6.33. The third kappa shape index (κ3) is 14.1. The Hall–Kier alpha value is -0.830. The van der Waals surface area contributed by atoms with E-state index in [4.69, 9.17) is 5.26 Å². The van der Waals surface area contributed by atoms with Crippen LogP contribution in [-0.2, 0) is 9.68 Å². The van der Waals surface area contributed by atoms with Crippen LogP contribution in [0.1, 0.15) is 97.3 Å². The van der Waals surface area contributed by atoms with E-state index in [2.05, 4.69) is 24.0 Å². The van der Waals surface area contributed by atoms with Gasteiger partial charge in [0, 0.05) is 0 Å². The normalized spacial score (nSPS) is 12.7. The second-order valence-corrected chi connectivity index (χ2v) is 6.33. The van der Waals surface area contributed by atoms with E-state index in [-0.39, 0.29) is 5.92 Å². The fraction of sp³-hybridized carbons (Fsp3) is 0.842. The van der Waals surface area contributed by atoms with E-state index in [1.165, 1.54) is 64.2 Å². The van der Waals surface area contributed by atoms with Gasteiger partial charge in [0.25, 0.3) is 0 Å². The molecular weight excluding hydrogens is 276 g/mol. The molecule has 0 spiro atoms. The Morgan fingerprint density at radius 3 is 1.95 bits per heavy atom. The number of hydrogen-bond donors (Lipinski definition) is 1. The summed E-state index contributed by atoms with van der Waals surface area (Å²) in [5, 5.41) is 8.26. The van der Waals surface area contributed by atoms with Crippen LogP contribution in [0.2, 0.25) is 0 Å². The van der Waals surface area contributed by atoms with E-state index in [9.17, 15) is 4.79 Å². The van der Waals surface area contributed by atoms with Gasteiger partial charge < -0.3 is 4.89 Å². The summed E-state index contributed by atoms with van der Waals surface area (Å²) < 4.78 is 0. The predicted molar refractivity (Wildman–Crippen MR) is 92.7 cm³/mol. The van der Waals surface area contributed by atoms with Crippen LogP contribution in [0.4, 0.5) is 0 Å². The first-order chi connectivity index (χ1) is 10.7. The number of carbonyl (C=O) groups excluding carboxylic acids is 1. The molecule has 0 aliphatic heterocycles. The first-order valence-corrected chi connectivity index (χ1v) is 9.22. The van der Waals surface area contributed by atoms with Gasteiger partial charge in [0.2, 0.25) is 0 Å². The monoisotopic (exact) mass is 312 g/mol. The minimum Gasteiger partial charge on any atom is -0.301 e. The lowest BCUT2D eigenvalue weighted by molar-refractivity contribution is -0.238. The zero-order chi connectivity index (χ0) is 16.5. The van der Waals surface area contributed by atoms with Crippen LogP contribution in [0.15, 0.2) is 12.2 Å². The third-order valence-electron chi connectivity index (χ3n) is 4.14. The molecule has 130 valence electrons. The number of carbonyl (C=O) groups is 1. The van der Waals surface area contributed by atoms with Gasteiger partial charge in [0.05, 0.1) is 5.92 Å². The molecule has 0 aromatic heterocycles. The van der Waals surface area contributed by atoms with Crippen molar-refractivity contribution in [2.75, 3.05) is 0 Å². The molecule has 0 saturated carbocycles. The summed E-state index contributed by atoms with van der Waals surface area (Å²) in [5.41, 5.74) is 0. The number of allylic oxidation sites excluding steroid dienone is 2. The van der Waals surface area contributed by atoms with E-state index >= 15 is 0 Å². The summed E-state index contributed by atoms with van der Waals surface area (Å²) in [5.74, 6) is -0.708. The maximum atomic E-state index is 11.0. The molecule has 0 aliphatic carbocycles. The molecule has 0 radical (unpaired) electrons. The first-order valence-electron chi connectivity index (χ1n) is 9.22. The Morgan fingerprint density at radius 1 is 0.909 bits per heavy atom. The van der Waals surface area contributed by atoms with E-state index in [0.29, 0.717) is 0 Å². The van der Waals surface area contributed by atoms with E-state index in [1.807, 2.05) is 0 Å². The number of rotatable bonds is 15. The Labute approximate surface area is 137 Å². The van der Waals surface area contributed by atoms with Gasteiger partial charge in [-0.2, -0.15) is 5.26 Å². The molecule has 0 aliphatic rings. The van der Waals surface area contributed by atoms with Crippen molar-refractivity contribution >= 4 is 5.97 Å². The highest BCUT2D eigenvalue weighted by atomic mass is 17.1. The Morgan fingerprint density at radius 2 is 1.41 bits per heavy atom.